The molecule has 0 fully saturated rings. The van der Waals surface area contributed by atoms with Crippen LogP contribution in [0.25, 0.3) is 0 Å². The molecule has 0 spiro atoms. The summed E-state index contributed by atoms with van der Waals surface area (Å²) in [7, 11) is 0. The number of hydrogen-bond acceptors (Lipinski definition) is 2. The Morgan fingerprint density at radius 2 is 1.93 bits per heavy atom. The fourth-order valence-corrected chi connectivity index (χ4v) is 1.96. The van der Waals surface area contributed by atoms with Gasteiger partial charge < -0.3 is 4.57 Å². The van der Waals surface area contributed by atoms with E-state index in [1.165, 1.54) is 0 Å². The Morgan fingerprint density at radius 1 is 1.33 bits per heavy atom. The molecule has 15 heavy (non-hydrogen) atoms. The van der Waals surface area contributed by atoms with Crippen molar-refractivity contribution < 1.29 is 0 Å². The topological polar surface area (TPSA) is 30.7 Å². The number of alkyl halides is 1. The smallest absolute Gasteiger partial charge is 0.143 e. The molecule has 0 atom stereocenters. The summed E-state index contributed by atoms with van der Waals surface area (Å²) in [6.45, 7) is 11.0. The molecular formula is C11H20BrN3. The van der Waals surface area contributed by atoms with Crippen LogP contribution < -0.4 is 0 Å². The molecule has 0 saturated carbocycles. The molecular weight excluding hydrogens is 254 g/mol. The Kier molecular flexibility index (Phi) is 3.93. The van der Waals surface area contributed by atoms with E-state index in [0.717, 1.165) is 23.4 Å². The molecule has 0 bridgehead atoms. The van der Waals surface area contributed by atoms with Gasteiger partial charge in [0.2, 0.25) is 0 Å². The summed E-state index contributed by atoms with van der Waals surface area (Å²) in [5, 5.41) is 9.33. The lowest BCUT2D eigenvalue weighted by molar-refractivity contribution is 0.421. The zero-order valence-electron chi connectivity index (χ0n) is 10.2. The fraction of sp³-hybridized carbons (Fsp3) is 0.818. The van der Waals surface area contributed by atoms with Gasteiger partial charge in [0, 0.05) is 11.5 Å². The average molecular weight is 274 g/mol. The van der Waals surface area contributed by atoms with Crippen molar-refractivity contribution in [2.24, 2.45) is 0 Å². The summed E-state index contributed by atoms with van der Waals surface area (Å²) in [6.07, 6.45) is 1.07. The second-order valence-electron chi connectivity index (χ2n) is 4.77. The highest BCUT2D eigenvalue weighted by atomic mass is 79.9. The van der Waals surface area contributed by atoms with Crippen molar-refractivity contribution in [2.45, 2.75) is 57.8 Å². The molecule has 0 aliphatic heterocycles. The molecule has 0 aliphatic carbocycles. The van der Waals surface area contributed by atoms with Gasteiger partial charge in [0.1, 0.15) is 11.6 Å². The van der Waals surface area contributed by atoms with Crippen LogP contribution in [0.3, 0.4) is 0 Å². The first-order chi connectivity index (χ1) is 6.94. The van der Waals surface area contributed by atoms with Gasteiger partial charge in [-0.25, -0.2) is 0 Å². The van der Waals surface area contributed by atoms with Crippen molar-refractivity contribution in [3.8, 4) is 0 Å². The molecule has 0 aromatic carbocycles. The maximum Gasteiger partial charge on any atom is 0.143 e. The van der Waals surface area contributed by atoms with Crippen LogP contribution in [-0.4, -0.2) is 14.8 Å². The monoisotopic (exact) mass is 273 g/mol. The number of nitrogens with zero attached hydrogens (tertiary/aromatic N) is 3. The SMILES string of the molecule is CCC(C)(C)c1nnc(CBr)n1C(C)C. The molecule has 0 saturated heterocycles. The Bertz CT molecular complexity index is 329. The highest BCUT2D eigenvalue weighted by Gasteiger charge is 2.27. The third-order valence-electron chi connectivity index (χ3n) is 2.89. The van der Waals surface area contributed by atoms with Crippen LogP contribution in [0.2, 0.25) is 0 Å². The maximum absolute atomic E-state index is 4.33. The third-order valence-corrected chi connectivity index (χ3v) is 3.39. The Labute approximate surface area is 100 Å². The average Bonchev–Trinajstić information content (AvgIpc) is 2.61. The number of rotatable bonds is 4. The predicted molar refractivity (Wildman–Crippen MR) is 66.4 cm³/mol. The molecule has 0 aliphatic rings. The Balaban J connectivity index is 3.24. The molecule has 3 nitrogen and oxygen atoms in total. The molecule has 1 heterocycles. The Hall–Kier alpha value is -0.380. The second kappa shape index (κ2) is 4.64. The minimum atomic E-state index is 0.0949. The van der Waals surface area contributed by atoms with Crippen LogP contribution in [0.15, 0.2) is 0 Å². The summed E-state index contributed by atoms with van der Waals surface area (Å²) in [5.74, 6) is 2.11. The number of halogens is 1. The van der Waals surface area contributed by atoms with Gasteiger partial charge in [-0.3, -0.25) is 0 Å². The van der Waals surface area contributed by atoms with E-state index in [9.17, 15) is 0 Å². The van der Waals surface area contributed by atoms with Crippen molar-refractivity contribution in [1.29, 1.82) is 0 Å². The van der Waals surface area contributed by atoms with Gasteiger partial charge in [-0.15, -0.1) is 10.2 Å². The summed E-state index contributed by atoms with van der Waals surface area (Å²) in [6, 6.07) is 0.411. The molecule has 4 heteroatoms. The first kappa shape index (κ1) is 12.7. The zero-order chi connectivity index (χ0) is 11.6. The van der Waals surface area contributed by atoms with Gasteiger partial charge in [0.05, 0.1) is 5.33 Å². The summed E-state index contributed by atoms with van der Waals surface area (Å²) < 4.78 is 2.23. The largest absolute Gasteiger partial charge is 0.311 e. The normalized spacial score (nSPS) is 12.5. The van der Waals surface area contributed by atoms with E-state index in [-0.39, 0.29) is 5.41 Å². The lowest BCUT2D eigenvalue weighted by atomic mass is 9.89. The number of aromatic nitrogens is 3. The first-order valence-electron chi connectivity index (χ1n) is 5.44. The molecule has 0 unspecified atom stereocenters. The highest BCUT2D eigenvalue weighted by Crippen LogP contribution is 2.28. The van der Waals surface area contributed by atoms with E-state index >= 15 is 0 Å². The minimum absolute atomic E-state index is 0.0949. The van der Waals surface area contributed by atoms with E-state index in [4.69, 9.17) is 0 Å². The minimum Gasteiger partial charge on any atom is -0.311 e. The van der Waals surface area contributed by atoms with Gasteiger partial charge >= 0.3 is 0 Å². The molecule has 0 N–H and O–H groups in total. The molecule has 86 valence electrons. The lowest BCUT2D eigenvalue weighted by Gasteiger charge is -2.24. The molecule has 1 aromatic heterocycles. The molecule has 1 rings (SSSR count). The van der Waals surface area contributed by atoms with Gasteiger partial charge in [-0.05, 0) is 20.3 Å². The third kappa shape index (κ3) is 2.41. The molecule has 0 amide bonds. The van der Waals surface area contributed by atoms with Crippen LogP contribution in [0.4, 0.5) is 0 Å². The van der Waals surface area contributed by atoms with Crippen molar-refractivity contribution in [2.75, 3.05) is 0 Å². The van der Waals surface area contributed by atoms with E-state index < -0.39 is 0 Å². The standard InChI is InChI=1S/C11H20BrN3/c1-6-11(4,5)10-14-13-9(7-12)15(10)8(2)3/h8H,6-7H2,1-5H3. The summed E-state index contributed by atoms with van der Waals surface area (Å²) >= 11 is 3.46. The Morgan fingerprint density at radius 3 is 2.33 bits per heavy atom. The zero-order valence-corrected chi connectivity index (χ0v) is 11.8. The van der Waals surface area contributed by atoms with Crippen molar-refractivity contribution in [3.63, 3.8) is 0 Å². The van der Waals surface area contributed by atoms with Crippen LogP contribution >= 0.6 is 15.9 Å². The van der Waals surface area contributed by atoms with Crippen LogP contribution in [0.1, 0.15) is 58.7 Å². The van der Waals surface area contributed by atoms with E-state index in [1.54, 1.807) is 0 Å². The predicted octanol–water partition coefficient (Wildman–Crippen LogP) is 3.44. The van der Waals surface area contributed by atoms with Crippen molar-refractivity contribution in [1.82, 2.24) is 14.8 Å². The lowest BCUT2D eigenvalue weighted by Crippen LogP contribution is -2.23. The summed E-state index contributed by atoms with van der Waals surface area (Å²) in [5.41, 5.74) is 0.0949. The van der Waals surface area contributed by atoms with E-state index in [2.05, 4.69) is 65.3 Å². The van der Waals surface area contributed by atoms with Crippen LogP contribution in [-0.2, 0) is 10.7 Å². The highest BCUT2D eigenvalue weighted by molar-refractivity contribution is 9.08. The van der Waals surface area contributed by atoms with Crippen LogP contribution in [0.5, 0.6) is 0 Å². The second-order valence-corrected chi connectivity index (χ2v) is 5.34. The summed E-state index contributed by atoms with van der Waals surface area (Å²) in [4.78, 5) is 0. The van der Waals surface area contributed by atoms with Crippen molar-refractivity contribution in [3.05, 3.63) is 11.6 Å². The maximum atomic E-state index is 4.33. The van der Waals surface area contributed by atoms with E-state index in [0.29, 0.717) is 6.04 Å². The molecule has 0 radical (unpaired) electrons. The number of hydrogen-bond donors (Lipinski definition) is 0. The fourth-order valence-electron chi connectivity index (χ4n) is 1.58. The first-order valence-corrected chi connectivity index (χ1v) is 6.56. The van der Waals surface area contributed by atoms with Gasteiger partial charge in [-0.2, -0.15) is 0 Å². The van der Waals surface area contributed by atoms with Gasteiger partial charge in [0.15, 0.2) is 0 Å². The van der Waals surface area contributed by atoms with Crippen LogP contribution in [0, 0.1) is 0 Å². The van der Waals surface area contributed by atoms with E-state index in [1.807, 2.05) is 0 Å². The van der Waals surface area contributed by atoms with Gasteiger partial charge in [-0.1, -0.05) is 36.7 Å². The van der Waals surface area contributed by atoms with Crippen molar-refractivity contribution >= 4 is 15.9 Å². The quantitative estimate of drug-likeness (QED) is 0.787. The van der Waals surface area contributed by atoms with Gasteiger partial charge in [0.25, 0.3) is 0 Å². The molecule has 1 aromatic rings.